The van der Waals surface area contributed by atoms with Gasteiger partial charge >= 0.3 is 5.97 Å². The van der Waals surface area contributed by atoms with Crippen molar-refractivity contribution in [3.8, 4) is 0 Å². The first-order chi connectivity index (χ1) is 12.3. The summed E-state index contributed by atoms with van der Waals surface area (Å²) in [6.45, 7) is 8.39. The number of hydrogen-bond acceptors (Lipinski definition) is 6. The zero-order valence-electron chi connectivity index (χ0n) is 15.7. The molecule has 2 aromatic rings. The summed E-state index contributed by atoms with van der Waals surface area (Å²) in [5.41, 5.74) is 0.781. The first kappa shape index (κ1) is 19.6. The van der Waals surface area contributed by atoms with Gasteiger partial charge in [0, 0.05) is 11.1 Å². The molecule has 140 valence electrons. The van der Waals surface area contributed by atoms with Crippen LogP contribution in [0, 0.1) is 0 Å². The van der Waals surface area contributed by atoms with Crippen LogP contribution in [0.2, 0.25) is 0 Å². The number of amides is 1. The van der Waals surface area contributed by atoms with Crippen LogP contribution in [0.5, 0.6) is 0 Å². The van der Waals surface area contributed by atoms with E-state index in [2.05, 4.69) is 20.8 Å². The summed E-state index contributed by atoms with van der Waals surface area (Å²) in [4.78, 5) is 24.1. The number of esters is 1. The van der Waals surface area contributed by atoms with Crippen molar-refractivity contribution in [3.63, 3.8) is 0 Å². The molecule has 0 unspecified atom stereocenters. The topological polar surface area (TPSA) is 99.0 Å². The standard InChI is InChI=1S/C18H25N5O3/c1-5-6-11-26-16(25)13-7-9-14(10-8-13)19-15(24)12-23-17(18(2,3)4)20-21-22-23/h7-10H,5-6,11-12H2,1-4H3,(H,19,24). The Balaban J connectivity index is 1.94. The average molecular weight is 359 g/mol. The number of ether oxygens (including phenoxy) is 1. The van der Waals surface area contributed by atoms with Gasteiger partial charge in [-0.2, -0.15) is 0 Å². The fraction of sp³-hybridized carbons (Fsp3) is 0.500. The third kappa shape index (κ3) is 5.37. The number of nitrogens with one attached hydrogen (secondary N) is 1. The number of carbonyl (C=O) groups is 2. The van der Waals surface area contributed by atoms with Crippen LogP contribution >= 0.6 is 0 Å². The van der Waals surface area contributed by atoms with Gasteiger partial charge in [-0.25, -0.2) is 9.48 Å². The highest BCUT2D eigenvalue weighted by Crippen LogP contribution is 2.18. The van der Waals surface area contributed by atoms with Crippen molar-refractivity contribution in [1.82, 2.24) is 20.2 Å². The van der Waals surface area contributed by atoms with Gasteiger partial charge in [0.05, 0.1) is 12.2 Å². The van der Waals surface area contributed by atoms with Crippen LogP contribution in [-0.2, 0) is 21.5 Å². The second-order valence-electron chi connectivity index (χ2n) is 7.03. The number of aromatic nitrogens is 4. The highest BCUT2D eigenvalue weighted by molar-refractivity contribution is 5.92. The van der Waals surface area contributed by atoms with E-state index in [0.29, 0.717) is 23.7 Å². The van der Waals surface area contributed by atoms with Crippen molar-refractivity contribution in [2.75, 3.05) is 11.9 Å². The summed E-state index contributed by atoms with van der Waals surface area (Å²) < 4.78 is 6.63. The molecule has 8 nitrogen and oxygen atoms in total. The van der Waals surface area contributed by atoms with Gasteiger partial charge in [-0.05, 0) is 41.1 Å². The average Bonchev–Trinajstić information content (AvgIpc) is 3.04. The zero-order chi connectivity index (χ0) is 19.2. The fourth-order valence-corrected chi connectivity index (χ4v) is 2.27. The molecule has 26 heavy (non-hydrogen) atoms. The predicted molar refractivity (Wildman–Crippen MR) is 96.8 cm³/mol. The quantitative estimate of drug-likeness (QED) is 0.602. The molecule has 0 aliphatic carbocycles. The maximum atomic E-state index is 12.2. The summed E-state index contributed by atoms with van der Waals surface area (Å²) >= 11 is 0. The van der Waals surface area contributed by atoms with Gasteiger partial charge in [-0.3, -0.25) is 4.79 Å². The van der Waals surface area contributed by atoms with Gasteiger partial charge in [-0.1, -0.05) is 34.1 Å². The third-order valence-electron chi connectivity index (χ3n) is 3.63. The summed E-state index contributed by atoms with van der Waals surface area (Å²) in [7, 11) is 0. The Morgan fingerprint density at radius 3 is 2.50 bits per heavy atom. The lowest BCUT2D eigenvalue weighted by molar-refractivity contribution is -0.117. The predicted octanol–water partition coefficient (Wildman–Crippen LogP) is 2.57. The molecule has 0 fully saturated rings. The molecule has 0 saturated carbocycles. The lowest BCUT2D eigenvalue weighted by Gasteiger charge is -2.16. The summed E-state index contributed by atoms with van der Waals surface area (Å²) in [6.07, 6.45) is 1.81. The number of nitrogens with zero attached hydrogens (tertiary/aromatic N) is 4. The maximum absolute atomic E-state index is 12.2. The van der Waals surface area contributed by atoms with E-state index in [9.17, 15) is 9.59 Å². The third-order valence-corrected chi connectivity index (χ3v) is 3.63. The van der Waals surface area contributed by atoms with Crippen molar-refractivity contribution in [2.45, 2.75) is 52.5 Å². The van der Waals surface area contributed by atoms with Crippen molar-refractivity contribution in [1.29, 1.82) is 0 Å². The van der Waals surface area contributed by atoms with Crippen LogP contribution < -0.4 is 5.32 Å². The molecule has 0 saturated heterocycles. The number of carbonyl (C=O) groups excluding carboxylic acids is 2. The molecule has 0 atom stereocenters. The van der Waals surface area contributed by atoms with E-state index in [1.807, 2.05) is 27.7 Å². The normalized spacial score (nSPS) is 11.2. The van der Waals surface area contributed by atoms with E-state index >= 15 is 0 Å². The minimum absolute atomic E-state index is 0.0143. The van der Waals surface area contributed by atoms with Gasteiger partial charge in [-0.15, -0.1) is 5.10 Å². The van der Waals surface area contributed by atoms with Gasteiger partial charge in [0.2, 0.25) is 5.91 Å². The van der Waals surface area contributed by atoms with Crippen LogP contribution in [0.1, 0.15) is 56.7 Å². The molecule has 0 aliphatic heterocycles. The molecule has 0 radical (unpaired) electrons. The number of rotatable bonds is 7. The Bertz CT molecular complexity index is 747. The summed E-state index contributed by atoms with van der Waals surface area (Å²) in [5.74, 6) is 0.0266. The second-order valence-corrected chi connectivity index (χ2v) is 7.03. The zero-order valence-corrected chi connectivity index (χ0v) is 15.7. The minimum Gasteiger partial charge on any atom is -0.462 e. The molecule has 1 amide bonds. The lowest BCUT2D eigenvalue weighted by atomic mass is 9.96. The fourth-order valence-electron chi connectivity index (χ4n) is 2.27. The monoisotopic (exact) mass is 359 g/mol. The van der Waals surface area contributed by atoms with Crippen LogP contribution in [0.15, 0.2) is 24.3 Å². The number of benzene rings is 1. The number of unbranched alkanes of at least 4 members (excludes halogenated alkanes) is 1. The van der Waals surface area contributed by atoms with E-state index in [0.717, 1.165) is 12.8 Å². The lowest BCUT2D eigenvalue weighted by Crippen LogP contribution is -2.25. The van der Waals surface area contributed by atoms with Crippen LogP contribution in [0.4, 0.5) is 5.69 Å². The summed E-state index contributed by atoms with van der Waals surface area (Å²) in [5, 5.41) is 14.3. The Labute approximate surface area is 152 Å². The number of tetrazole rings is 1. The van der Waals surface area contributed by atoms with Gasteiger partial charge in [0.25, 0.3) is 0 Å². The number of anilines is 1. The second kappa shape index (κ2) is 8.55. The van der Waals surface area contributed by atoms with E-state index in [4.69, 9.17) is 4.74 Å². The van der Waals surface area contributed by atoms with Gasteiger partial charge < -0.3 is 10.1 Å². The Morgan fingerprint density at radius 1 is 1.19 bits per heavy atom. The van der Waals surface area contributed by atoms with Crippen molar-refractivity contribution in [2.24, 2.45) is 0 Å². The Kier molecular flexibility index (Phi) is 6.43. The van der Waals surface area contributed by atoms with E-state index in [1.54, 1.807) is 24.3 Å². The van der Waals surface area contributed by atoms with Crippen LogP contribution in [0.25, 0.3) is 0 Å². The van der Waals surface area contributed by atoms with Crippen molar-refractivity contribution < 1.29 is 14.3 Å². The largest absolute Gasteiger partial charge is 0.462 e. The molecule has 0 bridgehead atoms. The first-order valence-electron chi connectivity index (χ1n) is 8.65. The van der Waals surface area contributed by atoms with Crippen molar-refractivity contribution >= 4 is 17.6 Å². The molecular weight excluding hydrogens is 334 g/mol. The molecule has 8 heteroatoms. The van der Waals surface area contributed by atoms with Gasteiger partial charge in [0.1, 0.15) is 6.54 Å². The molecule has 0 aliphatic rings. The molecular formula is C18H25N5O3. The Hall–Kier alpha value is -2.77. The molecule has 1 aromatic heterocycles. The summed E-state index contributed by atoms with van der Waals surface area (Å²) in [6, 6.07) is 6.58. The minimum atomic E-state index is -0.361. The molecule has 0 spiro atoms. The maximum Gasteiger partial charge on any atom is 0.338 e. The highest BCUT2D eigenvalue weighted by Gasteiger charge is 2.23. The molecule has 1 aromatic carbocycles. The van der Waals surface area contributed by atoms with E-state index in [1.165, 1.54) is 4.68 Å². The van der Waals surface area contributed by atoms with Crippen LogP contribution in [0.3, 0.4) is 0 Å². The Morgan fingerprint density at radius 2 is 1.88 bits per heavy atom. The molecule has 1 N–H and O–H groups in total. The smallest absolute Gasteiger partial charge is 0.338 e. The van der Waals surface area contributed by atoms with Crippen LogP contribution in [-0.4, -0.2) is 38.7 Å². The van der Waals surface area contributed by atoms with E-state index in [-0.39, 0.29) is 23.8 Å². The molecule has 2 rings (SSSR count). The van der Waals surface area contributed by atoms with E-state index < -0.39 is 0 Å². The highest BCUT2D eigenvalue weighted by atomic mass is 16.5. The SMILES string of the molecule is CCCCOC(=O)c1ccc(NC(=O)Cn2nnnc2C(C)(C)C)cc1. The number of hydrogen-bond donors (Lipinski definition) is 1. The molecule has 1 heterocycles. The first-order valence-corrected chi connectivity index (χ1v) is 8.65. The van der Waals surface area contributed by atoms with Gasteiger partial charge in [0.15, 0.2) is 5.82 Å². The van der Waals surface area contributed by atoms with Crippen molar-refractivity contribution in [3.05, 3.63) is 35.7 Å².